The molecule has 0 radical (unpaired) electrons. The Balaban J connectivity index is 2.59. The normalized spacial score (nSPS) is 13.6. The summed E-state index contributed by atoms with van der Waals surface area (Å²) in [5, 5.41) is 9.59. The molecular weight excluding hydrogens is 271 g/mol. The molecule has 1 rings (SSSR count). The van der Waals surface area contributed by atoms with Gasteiger partial charge in [0.1, 0.15) is 18.2 Å². The maximum absolute atomic E-state index is 13.6. The summed E-state index contributed by atoms with van der Waals surface area (Å²) in [5.41, 5.74) is -0.401. The molecule has 1 aromatic carbocycles. The van der Waals surface area contributed by atoms with Crippen molar-refractivity contribution in [2.75, 3.05) is 13.2 Å². The van der Waals surface area contributed by atoms with Crippen LogP contribution in [0.5, 0.6) is 0 Å². The minimum absolute atomic E-state index is 0.145. The van der Waals surface area contributed by atoms with Crippen molar-refractivity contribution in [3.63, 3.8) is 0 Å². The van der Waals surface area contributed by atoms with Crippen molar-refractivity contribution in [3.8, 4) is 0 Å². The SMILES string of the molecule is Cc1ccc(F)c(C(O)CCOCC(F)(F)F)c1F. The summed E-state index contributed by atoms with van der Waals surface area (Å²) in [6.07, 6.45) is -6.34. The van der Waals surface area contributed by atoms with E-state index in [2.05, 4.69) is 4.74 Å². The van der Waals surface area contributed by atoms with Gasteiger partial charge in [0, 0.05) is 13.0 Å². The van der Waals surface area contributed by atoms with Crippen LogP contribution < -0.4 is 0 Å². The molecule has 0 bridgehead atoms. The Hall–Kier alpha value is -1.21. The molecule has 0 saturated carbocycles. The highest BCUT2D eigenvalue weighted by atomic mass is 19.4. The fourth-order valence-corrected chi connectivity index (χ4v) is 1.51. The summed E-state index contributed by atoms with van der Waals surface area (Å²) in [5.74, 6) is -1.84. The van der Waals surface area contributed by atoms with Gasteiger partial charge < -0.3 is 9.84 Å². The first-order valence-electron chi connectivity index (χ1n) is 5.49. The zero-order valence-electron chi connectivity index (χ0n) is 10.1. The molecule has 0 aromatic heterocycles. The molecule has 0 aliphatic heterocycles. The zero-order chi connectivity index (χ0) is 14.6. The maximum Gasteiger partial charge on any atom is 0.411 e. The number of rotatable bonds is 5. The summed E-state index contributed by atoms with van der Waals surface area (Å²) in [6, 6.07) is 2.20. The van der Waals surface area contributed by atoms with Gasteiger partial charge in [0.05, 0.1) is 11.7 Å². The van der Waals surface area contributed by atoms with Crippen LogP contribution in [0.25, 0.3) is 0 Å². The predicted octanol–water partition coefficient (Wildman–Crippen LogP) is 3.28. The zero-order valence-corrected chi connectivity index (χ0v) is 10.1. The quantitative estimate of drug-likeness (QED) is 0.664. The van der Waals surface area contributed by atoms with Crippen molar-refractivity contribution in [1.82, 2.24) is 0 Å². The van der Waals surface area contributed by atoms with E-state index in [1.807, 2.05) is 0 Å². The Labute approximate surface area is 106 Å². The highest BCUT2D eigenvalue weighted by Gasteiger charge is 2.27. The van der Waals surface area contributed by atoms with E-state index in [1.54, 1.807) is 0 Å². The second kappa shape index (κ2) is 6.29. The second-order valence-corrected chi connectivity index (χ2v) is 4.06. The number of aryl methyl sites for hydroxylation is 1. The molecule has 0 spiro atoms. The lowest BCUT2D eigenvalue weighted by molar-refractivity contribution is -0.175. The largest absolute Gasteiger partial charge is 0.411 e. The topological polar surface area (TPSA) is 29.5 Å². The van der Waals surface area contributed by atoms with E-state index >= 15 is 0 Å². The third-order valence-electron chi connectivity index (χ3n) is 2.45. The average Bonchev–Trinajstić information content (AvgIpc) is 2.29. The summed E-state index contributed by atoms with van der Waals surface area (Å²) in [6.45, 7) is -0.517. The molecule has 1 atom stereocenters. The molecule has 0 saturated heterocycles. The second-order valence-electron chi connectivity index (χ2n) is 4.06. The van der Waals surface area contributed by atoms with Gasteiger partial charge in [0.15, 0.2) is 0 Å². The van der Waals surface area contributed by atoms with Crippen LogP contribution in [0.2, 0.25) is 0 Å². The van der Waals surface area contributed by atoms with Crippen molar-refractivity contribution < 1.29 is 31.8 Å². The number of hydrogen-bond acceptors (Lipinski definition) is 2. The third-order valence-corrected chi connectivity index (χ3v) is 2.45. The summed E-state index contributed by atoms with van der Waals surface area (Å²) >= 11 is 0. The van der Waals surface area contributed by atoms with Crippen LogP contribution in [0.1, 0.15) is 23.7 Å². The van der Waals surface area contributed by atoms with Gasteiger partial charge in [-0.3, -0.25) is 0 Å². The van der Waals surface area contributed by atoms with Crippen LogP contribution in [0.3, 0.4) is 0 Å². The number of aliphatic hydroxyl groups is 1. The molecule has 2 nitrogen and oxygen atoms in total. The molecule has 1 unspecified atom stereocenters. The first-order chi connectivity index (χ1) is 8.72. The summed E-state index contributed by atoms with van der Waals surface area (Å²) in [4.78, 5) is 0. The predicted molar refractivity (Wildman–Crippen MR) is 57.5 cm³/mol. The Morgan fingerprint density at radius 1 is 1.26 bits per heavy atom. The summed E-state index contributed by atoms with van der Waals surface area (Å²) < 4.78 is 66.5. The van der Waals surface area contributed by atoms with Gasteiger partial charge in [0.2, 0.25) is 0 Å². The number of ether oxygens (including phenoxy) is 1. The molecule has 108 valence electrons. The smallest absolute Gasteiger partial charge is 0.388 e. The van der Waals surface area contributed by atoms with Crippen LogP contribution in [0, 0.1) is 18.6 Å². The van der Waals surface area contributed by atoms with E-state index in [1.165, 1.54) is 13.0 Å². The number of halogens is 5. The molecule has 1 N–H and O–H groups in total. The van der Waals surface area contributed by atoms with Gasteiger partial charge in [-0.25, -0.2) is 8.78 Å². The molecular formula is C12H13F5O2. The number of hydrogen-bond donors (Lipinski definition) is 1. The third kappa shape index (κ3) is 4.76. The van der Waals surface area contributed by atoms with Crippen LogP contribution in [0.15, 0.2) is 12.1 Å². The van der Waals surface area contributed by atoms with Gasteiger partial charge in [-0.05, 0) is 18.6 Å². The minimum atomic E-state index is -4.47. The summed E-state index contributed by atoms with van der Waals surface area (Å²) in [7, 11) is 0. The van der Waals surface area contributed by atoms with Gasteiger partial charge in [0.25, 0.3) is 0 Å². The van der Waals surface area contributed by atoms with Crippen LogP contribution in [0.4, 0.5) is 22.0 Å². The number of benzene rings is 1. The molecule has 7 heteroatoms. The average molecular weight is 284 g/mol. The Morgan fingerprint density at radius 2 is 1.89 bits per heavy atom. The number of aliphatic hydroxyl groups excluding tert-OH is 1. The van der Waals surface area contributed by atoms with Gasteiger partial charge in [-0.1, -0.05) is 6.07 Å². The van der Waals surface area contributed by atoms with Crippen molar-refractivity contribution in [2.45, 2.75) is 25.6 Å². The van der Waals surface area contributed by atoms with Crippen molar-refractivity contribution >= 4 is 0 Å². The van der Waals surface area contributed by atoms with E-state index in [0.29, 0.717) is 0 Å². The van der Waals surface area contributed by atoms with Crippen LogP contribution >= 0.6 is 0 Å². The lowest BCUT2D eigenvalue weighted by Crippen LogP contribution is -2.18. The van der Waals surface area contributed by atoms with Crippen molar-refractivity contribution in [1.29, 1.82) is 0 Å². The van der Waals surface area contributed by atoms with E-state index in [0.717, 1.165) is 6.07 Å². The molecule has 0 heterocycles. The van der Waals surface area contributed by atoms with E-state index in [-0.39, 0.29) is 12.0 Å². The van der Waals surface area contributed by atoms with Crippen LogP contribution in [-0.2, 0) is 4.74 Å². The standard InChI is InChI=1S/C12H13F5O2/c1-7-2-3-8(13)10(11(7)14)9(18)4-5-19-6-12(15,16)17/h2-3,9,18H,4-6H2,1H3. The highest BCUT2D eigenvalue weighted by molar-refractivity contribution is 5.28. The monoisotopic (exact) mass is 284 g/mol. The highest BCUT2D eigenvalue weighted by Crippen LogP contribution is 2.25. The lowest BCUT2D eigenvalue weighted by Gasteiger charge is -2.14. The molecule has 0 aliphatic rings. The van der Waals surface area contributed by atoms with Gasteiger partial charge in [-0.2, -0.15) is 13.2 Å². The van der Waals surface area contributed by atoms with Gasteiger partial charge >= 0.3 is 6.18 Å². The van der Waals surface area contributed by atoms with Crippen LogP contribution in [-0.4, -0.2) is 24.5 Å². The Morgan fingerprint density at radius 3 is 2.47 bits per heavy atom. The van der Waals surface area contributed by atoms with Crippen molar-refractivity contribution in [2.24, 2.45) is 0 Å². The molecule has 19 heavy (non-hydrogen) atoms. The Bertz CT molecular complexity index is 431. The van der Waals surface area contributed by atoms with E-state index < -0.39 is 42.7 Å². The van der Waals surface area contributed by atoms with E-state index in [9.17, 15) is 27.1 Å². The molecule has 1 aromatic rings. The first kappa shape index (κ1) is 15.8. The fraction of sp³-hybridized carbons (Fsp3) is 0.500. The minimum Gasteiger partial charge on any atom is -0.388 e. The van der Waals surface area contributed by atoms with E-state index in [4.69, 9.17) is 0 Å². The maximum atomic E-state index is 13.6. The van der Waals surface area contributed by atoms with Gasteiger partial charge in [-0.15, -0.1) is 0 Å². The molecule has 0 aliphatic carbocycles. The molecule has 0 fully saturated rings. The lowest BCUT2D eigenvalue weighted by atomic mass is 10.0. The molecule has 0 amide bonds. The van der Waals surface area contributed by atoms with Crippen molar-refractivity contribution in [3.05, 3.63) is 34.9 Å². The number of alkyl halides is 3. The Kier molecular flexibility index (Phi) is 5.25. The first-order valence-corrected chi connectivity index (χ1v) is 5.49. The fourth-order valence-electron chi connectivity index (χ4n) is 1.51.